The number of nitrogens with two attached hydrogens (primary N) is 1. The van der Waals surface area contributed by atoms with Crippen LogP contribution in [0.5, 0.6) is 0 Å². The molecule has 4 aromatic rings. The van der Waals surface area contributed by atoms with E-state index in [9.17, 15) is 0 Å². The van der Waals surface area contributed by atoms with Crippen LogP contribution >= 0.6 is 0 Å². The smallest absolute Gasteiger partial charge is 0.0535 e. The number of nitrogen functional groups attached to an aromatic ring is 1. The van der Waals surface area contributed by atoms with Gasteiger partial charge in [0.15, 0.2) is 0 Å². The van der Waals surface area contributed by atoms with Gasteiger partial charge >= 0.3 is 0 Å². The summed E-state index contributed by atoms with van der Waals surface area (Å²) < 4.78 is 0. The van der Waals surface area contributed by atoms with Crippen molar-refractivity contribution in [2.45, 2.75) is 0 Å². The van der Waals surface area contributed by atoms with Crippen LogP contribution in [-0.4, -0.2) is 4.98 Å². The van der Waals surface area contributed by atoms with E-state index in [-0.39, 0.29) is 0 Å². The number of fused-ring (bicyclic) bond motifs is 1. The molecule has 0 unspecified atom stereocenters. The Balaban J connectivity index is 1.81. The van der Waals surface area contributed by atoms with Crippen molar-refractivity contribution in [3.63, 3.8) is 0 Å². The Bertz CT molecular complexity index is 919. The zero-order chi connectivity index (χ0) is 14.9. The van der Waals surface area contributed by atoms with Crippen molar-refractivity contribution in [1.82, 2.24) is 4.98 Å². The lowest BCUT2D eigenvalue weighted by Crippen LogP contribution is -1.88. The zero-order valence-corrected chi connectivity index (χ0v) is 12.1. The third-order valence-electron chi connectivity index (χ3n) is 3.98. The van der Waals surface area contributed by atoms with E-state index in [1.165, 1.54) is 16.7 Å². The minimum absolute atomic E-state index is 0.786. The first-order valence-corrected chi connectivity index (χ1v) is 7.34. The first-order chi connectivity index (χ1) is 10.8. The SMILES string of the molecule is Nc1cc(-c2ccc(-c3ccccc3)cc2)c2[nH]ccc2c1. The molecule has 0 aliphatic heterocycles. The van der Waals surface area contributed by atoms with Crippen LogP contribution < -0.4 is 5.73 Å². The predicted molar refractivity (Wildman–Crippen MR) is 93.6 cm³/mol. The van der Waals surface area contributed by atoms with Gasteiger partial charge in [-0.25, -0.2) is 0 Å². The number of benzene rings is 3. The molecular formula is C20H16N2. The molecule has 1 heterocycles. The molecule has 0 radical (unpaired) electrons. The molecule has 0 aliphatic rings. The molecule has 0 spiro atoms. The van der Waals surface area contributed by atoms with Gasteiger partial charge in [-0.15, -0.1) is 0 Å². The van der Waals surface area contributed by atoms with Crippen LogP contribution in [0.25, 0.3) is 33.2 Å². The van der Waals surface area contributed by atoms with Gasteiger partial charge in [0.1, 0.15) is 0 Å². The van der Waals surface area contributed by atoms with Crippen LogP contribution in [0.15, 0.2) is 79.0 Å². The fourth-order valence-corrected chi connectivity index (χ4v) is 2.90. The summed E-state index contributed by atoms with van der Waals surface area (Å²) in [5, 5.41) is 1.14. The van der Waals surface area contributed by atoms with Crippen molar-refractivity contribution in [3.8, 4) is 22.3 Å². The van der Waals surface area contributed by atoms with Crippen LogP contribution in [0, 0.1) is 0 Å². The summed E-state index contributed by atoms with van der Waals surface area (Å²) in [5.74, 6) is 0. The van der Waals surface area contributed by atoms with Gasteiger partial charge in [-0.1, -0.05) is 54.6 Å². The molecular weight excluding hydrogens is 268 g/mol. The van der Waals surface area contributed by atoms with Gasteiger partial charge in [-0.05, 0) is 34.9 Å². The maximum atomic E-state index is 6.03. The maximum Gasteiger partial charge on any atom is 0.0535 e. The van der Waals surface area contributed by atoms with Gasteiger partial charge < -0.3 is 10.7 Å². The van der Waals surface area contributed by atoms with Crippen molar-refractivity contribution in [2.24, 2.45) is 0 Å². The van der Waals surface area contributed by atoms with Crippen molar-refractivity contribution in [3.05, 3.63) is 79.0 Å². The summed E-state index contributed by atoms with van der Waals surface area (Å²) in [6.07, 6.45) is 1.95. The Morgan fingerprint density at radius 3 is 2.14 bits per heavy atom. The van der Waals surface area contributed by atoms with Gasteiger partial charge in [0.25, 0.3) is 0 Å². The highest BCUT2D eigenvalue weighted by atomic mass is 14.7. The third-order valence-corrected chi connectivity index (χ3v) is 3.98. The summed E-state index contributed by atoms with van der Waals surface area (Å²) in [6, 6.07) is 25.1. The molecule has 3 N–H and O–H groups in total. The highest BCUT2D eigenvalue weighted by molar-refractivity contribution is 5.97. The number of hydrogen-bond acceptors (Lipinski definition) is 1. The third kappa shape index (κ3) is 2.15. The molecule has 106 valence electrons. The van der Waals surface area contributed by atoms with Crippen molar-refractivity contribution in [1.29, 1.82) is 0 Å². The topological polar surface area (TPSA) is 41.8 Å². The Morgan fingerprint density at radius 1 is 0.682 bits per heavy atom. The summed E-state index contributed by atoms with van der Waals surface area (Å²) in [6.45, 7) is 0. The van der Waals surface area contributed by atoms with Gasteiger partial charge in [0, 0.05) is 22.8 Å². The zero-order valence-electron chi connectivity index (χ0n) is 12.1. The van der Waals surface area contributed by atoms with Crippen LogP contribution in [0.4, 0.5) is 5.69 Å². The monoisotopic (exact) mass is 284 g/mol. The summed E-state index contributed by atoms with van der Waals surface area (Å²) in [7, 11) is 0. The minimum atomic E-state index is 0.786. The van der Waals surface area contributed by atoms with Gasteiger partial charge in [0.2, 0.25) is 0 Å². The normalized spacial score (nSPS) is 10.9. The second-order valence-electron chi connectivity index (χ2n) is 5.45. The van der Waals surface area contributed by atoms with E-state index >= 15 is 0 Å². The summed E-state index contributed by atoms with van der Waals surface area (Å²) in [5.41, 5.74) is 12.7. The highest BCUT2D eigenvalue weighted by Crippen LogP contribution is 2.31. The summed E-state index contributed by atoms with van der Waals surface area (Å²) >= 11 is 0. The molecule has 3 aromatic carbocycles. The number of H-pyrrole nitrogens is 1. The first kappa shape index (κ1) is 12.7. The lowest BCUT2D eigenvalue weighted by Gasteiger charge is -2.07. The molecule has 0 saturated carbocycles. The number of aromatic amines is 1. The van der Waals surface area contributed by atoms with E-state index in [1.807, 2.05) is 30.5 Å². The molecule has 0 bridgehead atoms. The summed E-state index contributed by atoms with van der Waals surface area (Å²) in [4.78, 5) is 3.30. The van der Waals surface area contributed by atoms with E-state index in [0.29, 0.717) is 0 Å². The van der Waals surface area contributed by atoms with Crippen LogP contribution in [0.3, 0.4) is 0 Å². The molecule has 2 heteroatoms. The Labute approximate surface area is 129 Å². The average Bonchev–Trinajstić information content (AvgIpc) is 3.03. The first-order valence-electron chi connectivity index (χ1n) is 7.34. The number of aromatic nitrogens is 1. The van der Waals surface area contributed by atoms with Crippen molar-refractivity contribution in [2.75, 3.05) is 5.73 Å². The lowest BCUT2D eigenvalue weighted by atomic mass is 9.98. The fraction of sp³-hybridized carbons (Fsp3) is 0. The number of rotatable bonds is 2. The number of nitrogens with one attached hydrogen (secondary N) is 1. The predicted octanol–water partition coefficient (Wildman–Crippen LogP) is 5.08. The number of anilines is 1. The van der Waals surface area contributed by atoms with E-state index in [0.717, 1.165) is 22.2 Å². The number of hydrogen-bond donors (Lipinski definition) is 2. The molecule has 1 aromatic heterocycles. The molecule has 22 heavy (non-hydrogen) atoms. The standard InChI is InChI=1S/C20H16N2/c21-18-12-17-10-11-22-20(17)19(13-18)16-8-6-15(7-9-16)14-4-2-1-3-5-14/h1-13,22H,21H2. The van der Waals surface area contributed by atoms with E-state index in [4.69, 9.17) is 5.73 Å². The van der Waals surface area contributed by atoms with Crippen molar-refractivity contribution < 1.29 is 0 Å². The maximum absolute atomic E-state index is 6.03. The minimum Gasteiger partial charge on any atom is -0.399 e. The van der Waals surface area contributed by atoms with Crippen LogP contribution in [0.1, 0.15) is 0 Å². The fourth-order valence-electron chi connectivity index (χ4n) is 2.90. The Hall–Kier alpha value is -3.00. The molecule has 0 amide bonds. The van der Waals surface area contributed by atoms with Crippen LogP contribution in [-0.2, 0) is 0 Å². The van der Waals surface area contributed by atoms with E-state index in [1.54, 1.807) is 0 Å². The van der Waals surface area contributed by atoms with E-state index in [2.05, 4.69) is 53.5 Å². The molecule has 0 aliphatic carbocycles. The largest absolute Gasteiger partial charge is 0.399 e. The van der Waals surface area contributed by atoms with Crippen LogP contribution in [0.2, 0.25) is 0 Å². The van der Waals surface area contributed by atoms with Gasteiger partial charge in [-0.2, -0.15) is 0 Å². The average molecular weight is 284 g/mol. The van der Waals surface area contributed by atoms with Gasteiger partial charge in [-0.3, -0.25) is 0 Å². The van der Waals surface area contributed by atoms with Gasteiger partial charge in [0.05, 0.1) is 5.52 Å². The van der Waals surface area contributed by atoms with E-state index < -0.39 is 0 Å². The lowest BCUT2D eigenvalue weighted by molar-refractivity contribution is 1.47. The molecule has 0 saturated heterocycles. The molecule has 0 atom stereocenters. The van der Waals surface area contributed by atoms with Crippen molar-refractivity contribution >= 4 is 16.6 Å². The quantitative estimate of drug-likeness (QED) is 0.495. The Morgan fingerprint density at radius 2 is 1.36 bits per heavy atom. The molecule has 4 rings (SSSR count). The molecule has 0 fully saturated rings. The Kier molecular flexibility index (Phi) is 2.94. The second kappa shape index (κ2) is 5.08. The second-order valence-corrected chi connectivity index (χ2v) is 5.45. The molecule has 2 nitrogen and oxygen atoms in total. The highest BCUT2D eigenvalue weighted by Gasteiger charge is 2.07.